The van der Waals surface area contributed by atoms with Crippen LogP contribution in [0.25, 0.3) is 0 Å². The summed E-state index contributed by atoms with van der Waals surface area (Å²) in [6, 6.07) is 0.164. The fourth-order valence-electron chi connectivity index (χ4n) is 3.99. The predicted octanol–water partition coefficient (Wildman–Crippen LogP) is 3.62. The molecule has 0 aromatic heterocycles. The lowest BCUT2D eigenvalue weighted by Crippen LogP contribution is -2.42. The number of hydrogen-bond acceptors (Lipinski definition) is 2. The van der Waals surface area contributed by atoms with E-state index in [9.17, 15) is 9.59 Å². The second-order valence-corrected chi connectivity index (χ2v) is 7.95. The second-order valence-electron chi connectivity index (χ2n) is 7.95. The van der Waals surface area contributed by atoms with Gasteiger partial charge in [0, 0.05) is 6.04 Å². The molecule has 3 nitrogen and oxygen atoms in total. The molecule has 0 spiro atoms. The van der Waals surface area contributed by atoms with Crippen molar-refractivity contribution in [2.24, 2.45) is 23.2 Å². The van der Waals surface area contributed by atoms with Crippen LogP contribution >= 0.6 is 0 Å². The van der Waals surface area contributed by atoms with Crippen LogP contribution in [0.5, 0.6) is 0 Å². The quantitative estimate of drug-likeness (QED) is 0.724. The van der Waals surface area contributed by atoms with Crippen LogP contribution < -0.4 is 0 Å². The normalized spacial score (nSPS) is 29.6. The highest BCUT2D eigenvalue weighted by Crippen LogP contribution is 2.44. The number of amides is 2. The highest BCUT2D eigenvalue weighted by molar-refractivity contribution is 6.05. The van der Waals surface area contributed by atoms with E-state index < -0.39 is 0 Å². The average Bonchev–Trinajstić information content (AvgIpc) is 2.61. The minimum Gasteiger partial charge on any atom is -0.279 e. The monoisotopic (exact) mass is 279 g/mol. The van der Waals surface area contributed by atoms with E-state index in [0.29, 0.717) is 0 Å². The lowest BCUT2D eigenvalue weighted by atomic mass is 9.71. The van der Waals surface area contributed by atoms with Gasteiger partial charge >= 0.3 is 0 Å². The molecule has 2 atom stereocenters. The zero-order valence-corrected chi connectivity index (χ0v) is 13.6. The van der Waals surface area contributed by atoms with E-state index in [0.717, 1.165) is 25.7 Å². The molecule has 1 saturated heterocycles. The molecule has 2 rings (SSSR count). The number of nitrogens with zero attached hydrogens (tertiary/aromatic N) is 1. The molecule has 1 aliphatic heterocycles. The molecule has 1 aliphatic carbocycles. The van der Waals surface area contributed by atoms with Crippen molar-refractivity contribution in [3.8, 4) is 0 Å². The first-order valence-corrected chi connectivity index (χ1v) is 8.12. The minimum absolute atomic E-state index is 0.0908. The molecular formula is C17H29NO2. The molecule has 1 heterocycles. The molecule has 0 N–H and O–H groups in total. The highest BCUT2D eigenvalue weighted by atomic mass is 16.2. The highest BCUT2D eigenvalue weighted by Gasteiger charge is 2.54. The van der Waals surface area contributed by atoms with E-state index in [-0.39, 0.29) is 41.0 Å². The Bertz CT molecular complexity index is 388. The predicted molar refractivity (Wildman–Crippen MR) is 80.0 cm³/mol. The summed E-state index contributed by atoms with van der Waals surface area (Å²) >= 11 is 0. The Morgan fingerprint density at radius 3 is 1.95 bits per heavy atom. The van der Waals surface area contributed by atoms with Crippen LogP contribution in [0.4, 0.5) is 0 Å². The van der Waals surface area contributed by atoms with E-state index >= 15 is 0 Å². The molecule has 0 radical (unpaired) electrons. The zero-order valence-electron chi connectivity index (χ0n) is 13.6. The maximum Gasteiger partial charge on any atom is 0.233 e. The molecular weight excluding hydrogens is 250 g/mol. The number of imide groups is 1. The van der Waals surface area contributed by atoms with Crippen LogP contribution in [0.2, 0.25) is 0 Å². The smallest absolute Gasteiger partial charge is 0.233 e. The summed E-state index contributed by atoms with van der Waals surface area (Å²) in [6.45, 7) is 10.4. The lowest BCUT2D eigenvalue weighted by molar-refractivity contribution is -0.144. The summed E-state index contributed by atoms with van der Waals surface area (Å²) in [5, 5.41) is 0. The maximum absolute atomic E-state index is 12.9. The third-order valence-corrected chi connectivity index (χ3v) is 4.98. The van der Waals surface area contributed by atoms with Gasteiger partial charge in [0.15, 0.2) is 0 Å². The number of carbonyl (C=O) groups excluding carboxylic acids is 2. The van der Waals surface area contributed by atoms with Gasteiger partial charge in [0.25, 0.3) is 0 Å². The zero-order chi connectivity index (χ0) is 15.1. The molecule has 2 unspecified atom stereocenters. The fourth-order valence-corrected chi connectivity index (χ4v) is 3.99. The van der Waals surface area contributed by atoms with Gasteiger partial charge in [-0.1, -0.05) is 53.9 Å². The van der Waals surface area contributed by atoms with E-state index in [1.165, 1.54) is 6.42 Å². The number of carbonyl (C=O) groups is 2. The van der Waals surface area contributed by atoms with Gasteiger partial charge in [-0.25, -0.2) is 0 Å². The molecule has 20 heavy (non-hydrogen) atoms. The summed E-state index contributed by atoms with van der Waals surface area (Å²) in [6.07, 6.45) is 5.53. The third-order valence-electron chi connectivity index (χ3n) is 4.98. The van der Waals surface area contributed by atoms with Crippen molar-refractivity contribution in [1.82, 2.24) is 4.90 Å². The van der Waals surface area contributed by atoms with Crippen LogP contribution in [0, 0.1) is 23.2 Å². The van der Waals surface area contributed by atoms with Gasteiger partial charge in [0.1, 0.15) is 0 Å². The van der Waals surface area contributed by atoms with Gasteiger partial charge in [-0.05, 0) is 24.2 Å². The Kier molecular flexibility index (Phi) is 4.27. The van der Waals surface area contributed by atoms with Crippen LogP contribution in [0.1, 0.15) is 66.7 Å². The average molecular weight is 279 g/mol. The van der Waals surface area contributed by atoms with Gasteiger partial charge in [0.2, 0.25) is 11.8 Å². The van der Waals surface area contributed by atoms with Crippen LogP contribution in [-0.4, -0.2) is 22.8 Å². The van der Waals surface area contributed by atoms with Crippen molar-refractivity contribution >= 4 is 11.8 Å². The van der Waals surface area contributed by atoms with E-state index in [1.54, 1.807) is 4.90 Å². The maximum atomic E-state index is 12.9. The molecule has 0 aromatic carbocycles. The largest absolute Gasteiger partial charge is 0.279 e. The summed E-state index contributed by atoms with van der Waals surface area (Å²) < 4.78 is 0. The van der Waals surface area contributed by atoms with Gasteiger partial charge < -0.3 is 0 Å². The third kappa shape index (κ3) is 2.64. The Morgan fingerprint density at radius 2 is 1.55 bits per heavy atom. The molecule has 0 aromatic rings. The SMILES string of the molecule is CC(C)C1C(=O)N(C2CCCCC2)C(=O)C1C(C)(C)C. The Morgan fingerprint density at radius 1 is 1.00 bits per heavy atom. The minimum atomic E-state index is -0.156. The second kappa shape index (κ2) is 5.50. The standard InChI is InChI=1S/C17H29NO2/c1-11(2)13-14(17(3,4)5)16(20)18(15(13)19)12-9-7-6-8-10-12/h11-14H,6-10H2,1-5H3. The van der Waals surface area contributed by atoms with Gasteiger partial charge in [-0.2, -0.15) is 0 Å². The number of rotatable bonds is 2. The fraction of sp³-hybridized carbons (Fsp3) is 0.882. The topological polar surface area (TPSA) is 37.4 Å². The summed E-state index contributed by atoms with van der Waals surface area (Å²) in [5.41, 5.74) is -0.148. The Hall–Kier alpha value is -0.860. The molecule has 1 saturated carbocycles. The number of hydrogen-bond donors (Lipinski definition) is 0. The summed E-state index contributed by atoms with van der Waals surface area (Å²) in [5.74, 6) is 0.121. The first-order valence-electron chi connectivity index (χ1n) is 8.12. The molecule has 3 heteroatoms. The molecule has 2 aliphatic rings. The molecule has 2 amide bonds. The molecule has 0 bridgehead atoms. The summed E-state index contributed by atoms with van der Waals surface area (Å²) in [7, 11) is 0. The van der Waals surface area contributed by atoms with Crippen molar-refractivity contribution in [3.05, 3.63) is 0 Å². The Balaban J connectivity index is 2.31. The Labute approximate surface area is 123 Å². The van der Waals surface area contributed by atoms with E-state index in [2.05, 4.69) is 34.6 Å². The first kappa shape index (κ1) is 15.5. The molecule has 114 valence electrons. The van der Waals surface area contributed by atoms with Crippen molar-refractivity contribution < 1.29 is 9.59 Å². The van der Waals surface area contributed by atoms with Gasteiger partial charge in [-0.3, -0.25) is 14.5 Å². The van der Waals surface area contributed by atoms with Gasteiger partial charge in [0.05, 0.1) is 11.8 Å². The number of likely N-dealkylation sites (tertiary alicyclic amines) is 1. The van der Waals surface area contributed by atoms with Crippen LogP contribution in [0.3, 0.4) is 0 Å². The van der Waals surface area contributed by atoms with E-state index in [4.69, 9.17) is 0 Å². The molecule has 2 fully saturated rings. The van der Waals surface area contributed by atoms with Gasteiger partial charge in [-0.15, -0.1) is 0 Å². The van der Waals surface area contributed by atoms with Crippen molar-refractivity contribution in [2.75, 3.05) is 0 Å². The first-order chi connectivity index (χ1) is 9.25. The van der Waals surface area contributed by atoms with Crippen molar-refractivity contribution in [3.63, 3.8) is 0 Å². The van der Waals surface area contributed by atoms with Crippen molar-refractivity contribution in [2.45, 2.75) is 72.8 Å². The van der Waals surface area contributed by atoms with Crippen molar-refractivity contribution in [1.29, 1.82) is 0 Å². The van der Waals surface area contributed by atoms with Crippen LogP contribution in [-0.2, 0) is 9.59 Å². The lowest BCUT2D eigenvalue weighted by Gasteiger charge is -2.31. The summed E-state index contributed by atoms with van der Waals surface area (Å²) in [4.78, 5) is 27.4. The van der Waals surface area contributed by atoms with Crippen LogP contribution in [0.15, 0.2) is 0 Å². The van der Waals surface area contributed by atoms with E-state index in [1.807, 2.05) is 0 Å².